The van der Waals surface area contributed by atoms with Crippen LogP contribution in [0.2, 0.25) is 0 Å². The Balaban J connectivity index is 2.04. The molecule has 1 unspecified atom stereocenters. The van der Waals surface area contributed by atoms with Crippen molar-refractivity contribution in [3.63, 3.8) is 0 Å². The summed E-state index contributed by atoms with van der Waals surface area (Å²) < 4.78 is 43.4. The van der Waals surface area contributed by atoms with Crippen molar-refractivity contribution < 1.29 is 27.8 Å². The molecule has 128 valence electrons. The van der Waals surface area contributed by atoms with Gasteiger partial charge in [-0.15, -0.1) is 0 Å². The number of rotatable bonds is 5. The predicted octanol–water partition coefficient (Wildman–Crippen LogP) is 3.52. The van der Waals surface area contributed by atoms with E-state index >= 15 is 0 Å². The summed E-state index contributed by atoms with van der Waals surface area (Å²) in [6, 6.07) is 15.2. The maximum Gasteiger partial charge on any atom is 0.426 e. The molecule has 1 atom stereocenters. The van der Waals surface area contributed by atoms with E-state index in [-0.39, 0.29) is 12.3 Å². The van der Waals surface area contributed by atoms with Gasteiger partial charge in [-0.05, 0) is 24.6 Å². The topological polar surface area (TPSA) is 58.6 Å². The van der Waals surface area contributed by atoms with Gasteiger partial charge in [0.1, 0.15) is 12.4 Å². The molecule has 0 spiro atoms. The molecule has 2 aromatic carbocycles. The molecular weight excluding hydrogens is 323 g/mol. The van der Waals surface area contributed by atoms with Crippen LogP contribution in [0, 0.1) is 0 Å². The number of hydrogen-bond acceptors (Lipinski definition) is 3. The largest absolute Gasteiger partial charge is 0.489 e. The molecule has 0 aliphatic heterocycles. The zero-order valence-electron chi connectivity index (χ0n) is 12.8. The van der Waals surface area contributed by atoms with Gasteiger partial charge in [0.2, 0.25) is 5.60 Å². The maximum atomic E-state index is 12.6. The molecule has 2 aromatic rings. The fraction of sp³-hybridized carbons (Fsp3) is 0.235. The highest BCUT2D eigenvalue weighted by atomic mass is 19.4. The maximum absolute atomic E-state index is 12.6. The first kappa shape index (κ1) is 17.8. The molecule has 2 N–H and O–H groups in total. The van der Waals surface area contributed by atoms with Gasteiger partial charge in [-0.3, -0.25) is 4.79 Å². The molecule has 0 fully saturated rings. The van der Waals surface area contributed by atoms with Crippen molar-refractivity contribution in [2.45, 2.75) is 25.3 Å². The van der Waals surface area contributed by atoms with Gasteiger partial charge in [-0.2, -0.15) is 13.2 Å². The normalized spacial score (nSPS) is 13.9. The fourth-order valence-electron chi connectivity index (χ4n) is 1.79. The van der Waals surface area contributed by atoms with E-state index in [1.807, 2.05) is 35.6 Å². The highest BCUT2D eigenvalue weighted by Gasteiger charge is 2.55. The highest BCUT2D eigenvalue weighted by Crippen LogP contribution is 2.31. The van der Waals surface area contributed by atoms with E-state index in [9.17, 15) is 23.1 Å². The van der Waals surface area contributed by atoms with Crippen LogP contribution in [0.1, 0.15) is 12.5 Å². The lowest BCUT2D eigenvalue weighted by Gasteiger charge is -2.24. The summed E-state index contributed by atoms with van der Waals surface area (Å²) in [5.41, 5.74) is -2.46. The minimum atomic E-state index is -5.07. The van der Waals surface area contributed by atoms with Crippen LogP contribution in [0.25, 0.3) is 0 Å². The average molecular weight is 339 g/mol. The lowest BCUT2D eigenvalue weighted by atomic mass is 10.1. The van der Waals surface area contributed by atoms with Gasteiger partial charge in [0.05, 0.1) is 0 Å². The van der Waals surface area contributed by atoms with Crippen molar-refractivity contribution in [2.75, 3.05) is 5.32 Å². The summed E-state index contributed by atoms with van der Waals surface area (Å²) in [6.07, 6.45) is -5.07. The van der Waals surface area contributed by atoms with E-state index in [4.69, 9.17) is 4.74 Å². The van der Waals surface area contributed by atoms with E-state index in [1.165, 1.54) is 18.2 Å². The Hall–Kier alpha value is -2.54. The Morgan fingerprint density at radius 2 is 1.79 bits per heavy atom. The Bertz CT molecular complexity index is 700. The zero-order chi connectivity index (χ0) is 17.8. The van der Waals surface area contributed by atoms with Crippen LogP contribution in [0.3, 0.4) is 0 Å². The summed E-state index contributed by atoms with van der Waals surface area (Å²) in [6.45, 7) is 0.677. The number of hydrogen-bond donors (Lipinski definition) is 2. The van der Waals surface area contributed by atoms with Crippen LogP contribution in [0.15, 0.2) is 54.6 Å². The number of aliphatic hydroxyl groups is 1. The van der Waals surface area contributed by atoms with Gasteiger partial charge in [-0.25, -0.2) is 0 Å². The summed E-state index contributed by atoms with van der Waals surface area (Å²) in [4.78, 5) is 11.6. The van der Waals surface area contributed by atoms with Crippen molar-refractivity contribution >= 4 is 11.6 Å². The van der Waals surface area contributed by atoms with E-state index in [1.54, 1.807) is 6.07 Å². The molecule has 0 aromatic heterocycles. The predicted molar refractivity (Wildman–Crippen MR) is 82.5 cm³/mol. The molecule has 2 rings (SSSR count). The third kappa shape index (κ3) is 4.26. The Labute approximate surface area is 136 Å². The molecular formula is C17H16F3NO3. The van der Waals surface area contributed by atoms with Gasteiger partial charge in [0.15, 0.2) is 0 Å². The average Bonchev–Trinajstić information content (AvgIpc) is 2.53. The summed E-state index contributed by atoms with van der Waals surface area (Å²) in [5, 5.41) is 11.4. The van der Waals surface area contributed by atoms with Crippen LogP contribution in [0.4, 0.5) is 18.9 Å². The third-order valence-electron chi connectivity index (χ3n) is 3.33. The van der Waals surface area contributed by atoms with Crippen LogP contribution >= 0.6 is 0 Å². The molecule has 0 bridgehead atoms. The highest BCUT2D eigenvalue weighted by molar-refractivity contribution is 5.97. The molecule has 0 aliphatic carbocycles. The standard InChI is InChI=1S/C17H16F3NO3/c1-16(23,17(18,19)20)15(22)21-13-8-5-9-14(10-13)24-11-12-6-3-2-4-7-12/h2-10,23H,11H2,1H3,(H,21,22). The number of anilines is 1. The number of carbonyl (C=O) groups excluding carboxylic acids is 1. The number of halogens is 3. The van der Waals surface area contributed by atoms with Gasteiger partial charge in [-0.1, -0.05) is 36.4 Å². The molecule has 7 heteroatoms. The van der Waals surface area contributed by atoms with Gasteiger partial charge in [0.25, 0.3) is 5.91 Å². The number of benzene rings is 2. The molecule has 0 saturated carbocycles. The number of nitrogens with one attached hydrogen (secondary N) is 1. The lowest BCUT2D eigenvalue weighted by molar-refractivity contribution is -0.242. The van der Waals surface area contributed by atoms with Crippen LogP contribution < -0.4 is 10.1 Å². The number of alkyl halides is 3. The Morgan fingerprint density at radius 3 is 2.42 bits per heavy atom. The number of carbonyl (C=O) groups is 1. The number of amides is 1. The van der Waals surface area contributed by atoms with Gasteiger partial charge in [0, 0.05) is 11.8 Å². The first-order chi connectivity index (χ1) is 11.2. The second-order valence-electron chi connectivity index (χ2n) is 5.33. The first-order valence-corrected chi connectivity index (χ1v) is 7.07. The van der Waals surface area contributed by atoms with Crippen molar-refractivity contribution in [1.82, 2.24) is 0 Å². The molecule has 4 nitrogen and oxygen atoms in total. The molecule has 0 radical (unpaired) electrons. The smallest absolute Gasteiger partial charge is 0.426 e. The minimum Gasteiger partial charge on any atom is -0.489 e. The third-order valence-corrected chi connectivity index (χ3v) is 3.33. The van der Waals surface area contributed by atoms with Crippen molar-refractivity contribution in [3.05, 3.63) is 60.2 Å². The molecule has 1 amide bonds. The van der Waals surface area contributed by atoms with Crippen molar-refractivity contribution in [2.24, 2.45) is 0 Å². The van der Waals surface area contributed by atoms with E-state index in [0.29, 0.717) is 12.7 Å². The van der Waals surface area contributed by atoms with E-state index < -0.39 is 17.7 Å². The lowest BCUT2D eigenvalue weighted by Crippen LogP contribution is -2.52. The quantitative estimate of drug-likeness (QED) is 0.876. The van der Waals surface area contributed by atoms with E-state index in [2.05, 4.69) is 0 Å². The summed E-state index contributed by atoms with van der Waals surface area (Å²) in [5.74, 6) is -1.18. The van der Waals surface area contributed by atoms with Gasteiger partial charge < -0.3 is 15.2 Å². The second kappa shape index (κ2) is 6.92. The van der Waals surface area contributed by atoms with Crippen molar-refractivity contribution in [1.29, 1.82) is 0 Å². The van der Waals surface area contributed by atoms with E-state index in [0.717, 1.165) is 5.56 Å². The first-order valence-electron chi connectivity index (χ1n) is 7.07. The Kier molecular flexibility index (Phi) is 5.14. The monoisotopic (exact) mass is 339 g/mol. The van der Waals surface area contributed by atoms with Crippen LogP contribution in [-0.2, 0) is 11.4 Å². The van der Waals surface area contributed by atoms with Crippen molar-refractivity contribution in [3.8, 4) is 5.75 Å². The number of ether oxygens (including phenoxy) is 1. The Morgan fingerprint density at radius 1 is 1.12 bits per heavy atom. The van der Waals surface area contributed by atoms with Crippen LogP contribution in [-0.4, -0.2) is 22.8 Å². The molecule has 0 aliphatic rings. The summed E-state index contributed by atoms with van der Waals surface area (Å²) in [7, 11) is 0. The summed E-state index contributed by atoms with van der Waals surface area (Å²) >= 11 is 0. The SMILES string of the molecule is CC(O)(C(=O)Nc1cccc(OCc2ccccc2)c1)C(F)(F)F. The zero-order valence-corrected chi connectivity index (χ0v) is 12.8. The second-order valence-corrected chi connectivity index (χ2v) is 5.33. The molecule has 0 heterocycles. The minimum absolute atomic E-state index is 0.0927. The fourth-order valence-corrected chi connectivity index (χ4v) is 1.79. The molecule has 0 saturated heterocycles. The molecule has 24 heavy (non-hydrogen) atoms. The van der Waals surface area contributed by atoms with Crippen LogP contribution in [0.5, 0.6) is 5.75 Å². The van der Waals surface area contributed by atoms with Gasteiger partial charge >= 0.3 is 6.18 Å².